The van der Waals surface area contributed by atoms with Gasteiger partial charge in [0.05, 0.1) is 0 Å². The van der Waals surface area contributed by atoms with Crippen LogP contribution in [0.3, 0.4) is 0 Å². The summed E-state index contributed by atoms with van der Waals surface area (Å²) < 4.78 is 5.25. The van der Waals surface area contributed by atoms with E-state index in [9.17, 15) is 4.79 Å². The number of carbonyl (C=O) groups is 1. The molecule has 1 aromatic heterocycles. The van der Waals surface area contributed by atoms with E-state index < -0.39 is 0 Å². The molecule has 0 N–H and O–H groups in total. The maximum Gasteiger partial charge on any atom is 0.306 e. The van der Waals surface area contributed by atoms with Crippen molar-refractivity contribution in [2.75, 3.05) is 0 Å². The molecule has 3 nitrogen and oxygen atoms in total. The van der Waals surface area contributed by atoms with Crippen LogP contribution in [-0.4, -0.2) is 11.0 Å². The van der Waals surface area contributed by atoms with Crippen molar-refractivity contribution in [1.82, 2.24) is 4.98 Å². The van der Waals surface area contributed by atoms with Crippen LogP contribution >= 0.6 is 0 Å². The van der Waals surface area contributed by atoms with Crippen LogP contribution in [0.1, 0.15) is 89.5 Å². The Morgan fingerprint density at radius 3 is 2.30 bits per heavy atom. The van der Waals surface area contributed by atoms with Crippen molar-refractivity contribution in [3.8, 4) is 23.7 Å². The SMILES string of the molecule is CC#CCCC#CCCCCCCCCCCC(=O)OCc1cccnc1. The fourth-order valence-corrected chi connectivity index (χ4v) is 2.69. The molecule has 0 radical (unpaired) electrons. The van der Waals surface area contributed by atoms with E-state index in [4.69, 9.17) is 4.74 Å². The largest absolute Gasteiger partial charge is 0.461 e. The normalized spacial score (nSPS) is 9.67. The van der Waals surface area contributed by atoms with E-state index in [2.05, 4.69) is 28.7 Å². The number of unbranched alkanes of at least 4 members (excludes halogenated alkanes) is 9. The van der Waals surface area contributed by atoms with Crippen LogP contribution in [0.2, 0.25) is 0 Å². The molecule has 0 fully saturated rings. The van der Waals surface area contributed by atoms with Gasteiger partial charge in [0.2, 0.25) is 0 Å². The van der Waals surface area contributed by atoms with Gasteiger partial charge in [0.15, 0.2) is 0 Å². The van der Waals surface area contributed by atoms with Crippen molar-refractivity contribution in [1.29, 1.82) is 0 Å². The number of ether oxygens (including phenoxy) is 1. The van der Waals surface area contributed by atoms with E-state index in [1.165, 1.54) is 38.5 Å². The van der Waals surface area contributed by atoms with E-state index in [1.807, 2.05) is 19.1 Å². The second kappa shape index (κ2) is 17.2. The first kappa shape index (κ1) is 22.8. The average Bonchev–Trinajstić information content (AvgIpc) is 2.70. The van der Waals surface area contributed by atoms with Gasteiger partial charge in [-0.05, 0) is 25.8 Å². The van der Waals surface area contributed by atoms with Crippen LogP contribution < -0.4 is 0 Å². The molecule has 0 amide bonds. The van der Waals surface area contributed by atoms with E-state index in [0.717, 1.165) is 37.7 Å². The van der Waals surface area contributed by atoms with Crippen molar-refractivity contribution in [2.45, 2.75) is 90.6 Å². The molecule has 1 rings (SSSR count). The highest BCUT2D eigenvalue weighted by molar-refractivity contribution is 5.69. The van der Waals surface area contributed by atoms with Gasteiger partial charge < -0.3 is 4.74 Å². The Hall–Kier alpha value is -2.26. The molecule has 1 aromatic rings. The molecule has 0 atom stereocenters. The Balaban J connectivity index is 1.83. The number of aromatic nitrogens is 1. The van der Waals surface area contributed by atoms with Gasteiger partial charge in [0.1, 0.15) is 6.61 Å². The van der Waals surface area contributed by atoms with Crippen LogP contribution in [0.15, 0.2) is 24.5 Å². The Kier molecular flexibility index (Phi) is 14.5. The minimum Gasteiger partial charge on any atom is -0.461 e. The van der Waals surface area contributed by atoms with Crippen LogP contribution in [0.4, 0.5) is 0 Å². The summed E-state index contributed by atoms with van der Waals surface area (Å²) in [6, 6.07) is 3.76. The fraction of sp³-hybridized carbons (Fsp3) is 0.583. The second-order valence-corrected chi connectivity index (χ2v) is 6.63. The number of nitrogens with zero attached hydrogens (tertiary/aromatic N) is 1. The Bertz CT molecular complexity index is 617. The number of rotatable bonds is 13. The van der Waals surface area contributed by atoms with Crippen molar-refractivity contribution in [2.24, 2.45) is 0 Å². The van der Waals surface area contributed by atoms with Gasteiger partial charge in [-0.25, -0.2) is 0 Å². The Labute approximate surface area is 165 Å². The van der Waals surface area contributed by atoms with Crippen LogP contribution in [-0.2, 0) is 16.1 Å². The number of hydrogen-bond acceptors (Lipinski definition) is 3. The quantitative estimate of drug-likeness (QED) is 0.250. The molecular weight excluding hydrogens is 334 g/mol. The van der Waals surface area contributed by atoms with Gasteiger partial charge in [-0.2, -0.15) is 0 Å². The maximum absolute atomic E-state index is 11.7. The molecule has 146 valence electrons. The third-order valence-electron chi connectivity index (χ3n) is 4.23. The molecule has 0 aromatic carbocycles. The molecule has 0 aliphatic rings. The topological polar surface area (TPSA) is 39.2 Å². The monoisotopic (exact) mass is 367 g/mol. The van der Waals surface area contributed by atoms with Gasteiger partial charge in [0, 0.05) is 43.6 Å². The Morgan fingerprint density at radius 1 is 0.926 bits per heavy atom. The molecule has 0 aliphatic carbocycles. The first-order valence-electron chi connectivity index (χ1n) is 10.2. The lowest BCUT2D eigenvalue weighted by Crippen LogP contribution is -2.04. The summed E-state index contributed by atoms with van der Waals surface area (Å²) in [5.74, 6) is 12.2. The summed E-state index contributed by atoms with van der Waals surface area (Å²) in [7, 11) is 0. The molecule has 1 heterocycles. The highest BCUT2D eigenvalue weighted by Crippen LogP contribution is 2.11. The fourth-order valence-electron chi connectivity index (χ4n) is 2.69. The van der Waals surface area contributed by atoms with E-state index in [0.29, 0.717) is 13.0 Å². The summed E-state index contributed by atoms with van der Waals surface area (Å²) in [6.07, 6.45) is 16.3. The molecular formula is C24H33NO2. The minimum atomic E-state index is -0.110. The number of hydrogen-bond donors (Lipinski definition) is 0. The van der Waals surface area contributed by atoms with Crippen LogP contribution in [0, 0.1) is 23.7 Å². The smallest absolute Gasteiger partial charge is 0.306 e. The maximum atomic E-state index is 11.7. The molecule has 0 aliphatic heterocycles. The lowest BCUT2D eigenvalue weighted by Gasteiger charge is -2.05. The summed E-state index contributed by atoms with van der Waals surface area (Å²) >= 11 is 0. The summed E-state index contributed by atoms with van der Waals surface area (Å²) in [5, 5.41) is 0. The lowest BCUT2D eigenvalue weighted by atomic mass is 10.1. The second-order valence-electron chi connectivity index (χ2n) is 6.63. The number of pyridine rings is 1. The van der Waals surface area contributed by atoms with Gasteiger partial charge in [-0.3, -0.25) is 9.78 Å². The van der Waals surface area contributed by atoms with E-state index in [-0.39, 0.29) is 5.97 Å². The lowest BCUT2D eigenvalue weighted by molar-refractivity contribution is -0.145. The molecule has 0 unspecified atom stereocenters. The highest BCUT2D eigenvalue weighted by Gasteiger charge is 2.03. The van der Waals surface area contributed by atoms with Gasteiger partial charge in [-0.1, -0.05) is 44.6 Å². The predicted molar refractivity (Wildman–Crippen MR) is 111 cm³/mol. The molecule has 0 spiro atoms. The summed E-state index contributed by atoms with van der Waals surface area (Å²) in [4.78, 5) is 15.7. The van der Waals surface area contributed by atoms with E-state index >= 15 is 0 Å². The molecule has 3 heteroatoms. The minimum absolute atomic E-state index is 0.110. The third-order valence-corrected chi connectivity index (χ3v) is 4.23. The first-order valence-corrected chi connectivity index (χ1v) is 10.2. The Morgan fingerprint density at radius 2 is 1.59 bits per heavy atom. The average molecular weight is 368 g/mol. The molecule has 0 saturated carbocycles. The highest BCUT2D eigenvalue weighted by atomic mass is 16.5. The van der Waals surface area contributed by atoms with Gasteiger partial charge in [0.25, 0.3) is 0 Å². The van der Waals surface area contributed by atoms with Crippen molar-refractivity contribution in [3.05, 3.63) is 30.1 Å². The number of esters is 1. The first-order chi connectivity index (χ1) is 13.3. The van der Waals surface area contributed by atoms with Crippen molar-refractivity contribution < 1.29 is 9.53 Å². The third kappa shape index (κ3) is 14.6. The predicted octanol–water partition coefficient (Wildman–Crippen LogP) is 5.83. The molecule has 0 bridgehead atoms. The van der Waals surface area contributed by atoms with E-state index in [1.54, 1.807) is 12.4 Å². The van der Waals surface area contributed by atoms with Crippen LogP contribution in [0.5, 0.6) is 0 Å². The summed E-state index contributed by atoms with van der Waals surface area (Å²) in [5.41, 5.74) is 0.933. The summed E-state index contributed by atoms with van der Waals surface area (Å²) in [6.45, 7) is 2.19. The zero-order valence-corrected chi connectivity index (χ0v) is 16.8. The van der Waals surface area contributed by atoms with Crippen molar-refractivity contribution in [3.63, 3.8) is 0 Å². The molecule has 0 saturated heterocycles. The number of carbonyl (C=O) groups excluding carboxylic acids is 1. The zero-order chi connectivity index (χ0) is 19.4. The van der Waals surface area contributed by atoms with Gasteiger partial charge in [-0.15, -0.1) is 23.7 Å². The van der Waals surface area contributed by atoms with Crippen molar-refractivity contribution >= 4 is 5.97 Å². The standard InChI is InChI=1S/C24H33NO2/c1-2-3-4-5-6-7-8-9-10-11-12-13-14-15-16-19-24(26)27-22-23-18-17-20-25-21-23/h17-18,20-21H,4-5,8-16,19,22H2,1H3. The van der Waals surface area contributed by atoms with Gasteiger partial charge >= 0.3 is 5.97 Å². The van der Waals surface area contributed by atoms with Crippen LogP contribution in [0.25, 0.3) is 0 Å². The molecule has 27 heavy (non-hydrogen) atoms. The zero-order valence-electron chi connectivity index (χ0n) is 16.8.